The molecule has 4 heteroatoms. The summed E-state index contributed by atoms with van der Waals surface area (Å²) in [4.78, 5) is 14.0. The Kier molecular flexibility index (Phi) is 4.27. The summed E-state index contributed by atoms with van der Waals surface area (Å²) in [5.74, 6) is 0.192. The summed E-state index contributed by atoms with van der Waals surface area (Å²) in [6, 6.07) is 0. The van der Waals surface area contributed by atoms with Crippen molar-refractivity contribution in [3.63, 3.8) is 0 Å². The number of rotatable bonds is 2. The number of likely N-dealkylation sites (N-methyl/N-ethyl adjacent to an activating group) is 1. The van der Waals surface area contributed by atoms with Crippen molar-refractivity contribution < 1.29 is 9.90 Å². The zero-order valence-corrected chi connectivity index (χ0v) is 10.0. The standard InChI is InChI=1S/C11H17NO2S/c1-3-8-5-6-9(13)7-10(14)12(4-2)11(8)15/h7-8,13H,3-6H2,1-2H3. The average Bonchev–Trinajstić information content (AvgIpc) is 2.18. The van der Waals surface area contributed by atoms with Crippen molar-refractivity contribution in [2.24, 2.45) is 5.92 Å². The molecule has 1 atom stereocenters. The number of hydrogen-bond donors (Lipinski definition) is 1. The van der Waals surface area contributed by atoms with E-state index in [0.717, 1.165) is 12.8 Å². The Morgan fingerprint density at radius 1 is 1.60 bits per heavy atom. The molecule has 3 nitrogen and oxygen atoms in total. The smallest absolute Gasteiger partial charge is 0.254 e. The van der Waals surface area contributed by atoms with Gasteiger partial charge in [-0.05, 0) is 19.8 Å². The van der Waals surface area contributed by atoms with E-state index in [2.05, 4.69) is 6.92 Å². The summed E-state index contributed by atoms with van der Waals surface area (Å²) in [6.45, 7) is 4.51. The predicted molar refractivity (Wildman–Crippen MR) is 63.7 cm³/mol. The van der Waals surface area contributed by atoms with Crippen molar-refractivity contribution in [2.75, 3.05) is 6.54 Å². The highest BCUT2D eigenvalue weighted by atomic mass is 32.1. The fourth-order valence-electron chi connectivity index (χ4n) is 1.76. The maximum atomic E-state index is 11.7. The SMILES string of the molecule is CCC1CCC(O)=CC(=O)N(CC)C1=S. The molecule has 15 heavy (non-hydrogen) atoms. The summed E-state index contributed by atoms with van der Waals surface area (Å²) >= 11 is 5.30. The third-order valence-corrected chi connectivity index (χ3v) is 3.28. The summed E-state index contributed by atoms with van der Waals surface area (Å²) < 4.78 is 0. The van der Waals surface area contributed by atoms with Crippen LogP contribution < -0.4 is 0 Å². The zero-order valence-electron chi connectivity index (χ0n) is 9.19. The van der Waals surface area contributed by atoms with Crippen molar-refractivity contribution in [3.05, 3.63) is 11.8 Å². The van der Waals surface area contributed by atoms with Crippen LogP contribution in [-0.4, -0.2) is 27.4 Å². The Balaban J connectivity index is 2.96. The van der Waals surface area contributed by atoms with Gasteiger partial charge >= 0.3 is 0 Å². The normalized spacial score (nSPS) is 23.5. The molecule has 0 bridgehead atoms. The fourth-order valence-corrected chi connectivity index (χ4v) is 2.26. The Bertz CT molecular complexity index is 299. The van der Waals surface area contributed by atoms with Crippen LogP contribution in [0, 0.1) is 5.92 Å². The summed E-state index contributed by atoms with van der Waals surface area (Å²) in [5, 5.41) is 9.47. The van der Waals surface area contributed by atoms with Gasteiger partial charge in [0.1, 0.15) is 0 Å². The third kappa shape index (κ3) is 2.78. The van der Waals surface area contributed by atoms with E-state index in [1.807, 2.05) is 6.92 Å². The van der Waals surface area contributed by atoms with Crippen LogP contribution in [0.25, 0.3) is 0 Å². The minimum atomic E-state index is -0.196. The van der Waals surface area contributed by atoms with Crippen molar-refractivity contribution >= 4 is 23.1 Å². The van der Waals surface area contributed by atoms with Gasteiger partial charge in [-0.3, -0.25) is 4.79 Å². The lowest BCUT2D eigenvalue weighted by molar-refractivity contribution is -0.122. The molecule has 1 unspecified atom stereocenters. The number of carbonyl (C=O) groups excluding carboxylic acids is 1. The monoisotopic (exact) mass is 227 g/mol. The maximum absolute atomic E-state index is 11.7. The van der Waals surface area contributed by atoms with Crippen LogP contribution in [0.15, 0.2) is 11.8 Å². The Morgan fingerprint density at radius 2 is 2.27 bits per heavy atom. The van der Waals surface area contributed by atoms with Gasteiger partial charge in [0.25, 0.3) is 5.91 Å². The molecule has 1 heterocycles. The van der Waals surface area contributed by atoms with Crippen molar-refractivity contribution in [2.45, 2.75) is 33.1 Å². The first-order valence-corrected chi connectivity index (χ1v) is 5.75. The summed E-state index contributed by atoms with van der Waals surface area (Å²) in [6.07, 6.45) is 3.56. The molecule has 1 N–H and O–H groups in total. The number of aliphatic hydroxyl groups is 1. The zero-order chi connectivity index (χ0) is 11.4. The quantitative estimate of drug-likeness (QED) is 0.736. The number of amides is 1. The van der Waals surface area contributed by atoms with E-state index in [-0.39, 0.29) is 17.6 Å². The van der Waals surface area contributed by atoms with Crippen LogP contribution in [0.4, 0.5) is 0 Å². The molecule has 0 fully saturated rings. The molecule has 0 spiro atoms. The molecule has 1 aliphatic heterocycles. The number of aliphatic hydroxyl groups excluding tert-OH is 1. The Labute approximate surface area is 95.8 Å². The number of thiocarbonyl (C=S) groups is 1. The minimum Gasteiger partial charge on any atom is -0.512 e. The number of hydrogen-bond acceptors (Lipinski definition) is 3. The first-order chi connectivity index (χ1) is 7.10. The average molecular weight is 227 g/mol. The summed E-state index contributed by atoms with van der Waals surface area (Å²) in [5.41, 5.74) is 0. The number of carbonyl (C=O) groups is 1. The van der Waals surface area contributed by atoms with Gasteiger partial charge < -0.3 is 10.0 Å². The molecule has 0 saturated carbocycles. The van der Waals surface area contributed by atoms with E-state index in [1.54, 1.807) is 4.90 Å². The number of allylic oxidation sites excluding steroid dienone is 1. The van der Waals surface area contributed by atoms with Crippen LogP contribution in [0.5, 0.6) is 0 Å². The highest BCUT2D eigenvalue weighted by Crippen LogP contribution is 2.21. The molecular weight excluding hydrogens is 210 g/mol. The lowest BCUT2D eigenvalue weighted by Gasteiger charge is -2.28. The first kappa shape index (κ1) is 12.2. The van der Waals surface area contributed by atoms with E-state index in [1.165, 1.54) is 6.08 Å². The lowest BCUT2D eigenvalue weighted by atomic mass is 9.97. The molecule has 0 aromatic rings. The maximum Gasteiger partial charge on any atom is 0.254 e. The molecule has 0 aliphatic carbocycles. The minimum absolute atomic E-state index is 0.166. The largest absolute Gasteiger partial charge is 0.512 e. The Morgan fingerprint density at radius 3 is 2.80 bits per heavy atom. The first-order valence-electron chi connectivity index (χ1n) is 5.35. The van der Waals surface area contributed by atoms with Crippen LogP contribution >= 0.6 is 12.2 Å². The van der Waals surface area contributed by atoms with Crippen LogP contribution in [-0.2, 0) is 4.79 Å². The van der Waals surface area contributed by atoms with Crippen molar-refractivity contribution in [3.8, 4) is 0 Å². The molecular formula is C11H17NO2S. The fraction of sp³-hybridized carbons (Fsp3) is 0.636. The van der Waals surface area contributed by atoms with Crippen LogP contribution in [0.3, 0.4) is 0 Å². The van der Waals surface area contributed by atoms with E-state index in [4.69, 9.17) is 12.2 Å². The van der Waals surface area contributed by atoms with E-state index in [0.29, 0.717) is 18.0 Å². The van der Waals surface area contributed by atoms with Gasteiger partial charge in [0, 0.05) is 25.0 Å². The van der Waals surface area contributed by atoms with E-state index >= 15 is 0 Å². The van der Waals surface area contributed by atoms with Gasteiger partial charge in [0.05, 0.1) is 10.7 Å². The number of nitrogens with zero attached hydrogens (tertiary/aromatic N) is 1. The second-order valence-electron chi connectivity index (χ2n) is 3.70. The third-order valence-electron chi connectivity index (χ3n) is 2.73. The van der Waals surface area contributed by atoms with E-state index < -0.39 is 0 Å². The van der Waals surface area contributed by atoms with Crippen molar-refractivity contribution in [1.29, 1.82) is 0 Å². The summed E-state index contributed by atoms with van der Waals surface area (Å²) in [7, 11) is 0. The highest BCUT2D eigenvalue weighted by molar-refractivity contribution is 7.80. The predicted octanol–water partition coefficient (Wildman–Crippen LogP) is 2.42. The van der Waals surface area contributed by atoms with Gasteiger partial charge in [-0.25, -0.2) is 0 Å². The second kappa shape index (κ2) is 5.26. The molecule has 1 aliphatic rings. The molecule has 0 aromatic heterocycles. The van der Waals surface area contributed by atoms with Crippen molar-refractivity contribution in [1.82, 2.24) is 4.90 Å². The van der Waals surface area contributed by atoms with Gasteiger partial charge in [-0.1, -0.05) is 19.1 Å². The van der Waals surface area contributed by atoms with Crippen LogP contribution in [0.2, 0.25) is 0 Å². The molecule has 1 amide bonds. The second-order valence-corrected chi connectivity index (χ2v) is 4.12. The van der Waals surface area contributed by atoms with E-state index in [9.17, 15) is 9.90 Å². The Hall–Kier alpha value is -0.900. The molecule has 0 aromatic carbocycles. The highest BCUT2D eigenvalue weighted by Gasteiger charge is 2.24. The van der Waals surface area contributed by atoms with Gasteiger partial charge in [-0.15, -0.1) is 0 Å². The van der Waals surface area contributed by atoms with Crippen LogP contribution in [0.1, 0.15) is 33.1 Å². The van der Waals surface area contributed by atoms with Gasteiger partial charge in [0.15, 0.2) is 0 Å². The van der Waals surface area contributed by atoms with Gasteiger partial charge in [0.2, 0.25) is 0 Å². The van der Waals surface area contributed by atoms with Gasteiger partial charge in [-0.2, -0.15) is 0 Å². The lowest BCUT2D eigenvalue weighted by Crippen LogP contribution is -2.39. The molecule has 84 valence electrons. The molecule has 0 radical (unpaired) electrons. The molecule has 0 saturated heterocycles. The molecule has 1 rings (SSSR count). The topological polar surface area (TPSA) is 40.5 Å².